The van der Waals surface area contributed by atoms with Crippen molar-refractivity contribution in [2.45, 2.75) is 64.3 Å². The Bertz CT molecular complexity index is 472. The first-order chi connectivity index (χ1) is 9.86. The van der Waals surface area contributed by atoms with Gasteiger partial charge in [-0.3, -0.25) is 4.79 Å². The van der Waals surface area contributed by atoms with Gasteiger partial charge in [-0.2, -0.15) is 0 Å². The molecule has 0 aromatic heterocycles. The maximum absolute atomic E-state index is 12.7. The highest BCUT2D eigenvalue weighted by molar-refractivity contribution is 6.70. The van der Waals surface area contributed by atoms with Gasteiger partial charge in [-0.1, -0.05) is 49.6 Å². The maximum Gasteiger partial charge on any atom is 0.185 e. The Balaban J connectivity index is 2.51. The van der Waals surface area contributed by atoms with E-state index in [1.54, 1.807) is 6.92 Å². The van der Waals surface area contributed by atoms with Crippen LogP contribution in [0.25, 0.3) is 0 Å². The first-order valence-electron chi connectivity index (χ1n) is 8.13. The summed E-state index contributed by atoms with van der Waals surface area (Å²) >= 11 is 0. The predicted octanol–water partition coefficient (Wildman–Crippen LogP) is 4.90. The third kappa shape index (κ3) is 3.64. The molecule has 2 nitrogen and oxygen atoms in total. The standard InChI is InChI=1S/C18H28O2Si/c1-15(19)18(20-21(2,3)4,16-11-7-5-8-12-16)17-13-9-6-10-14-17/h5,7-8,11-12,17H,6,9-10,13-14H2,1-4H3. The number of Topliss-reactive ketones (excluding diaryl/α,β-unsaturated/α-hetero) is 1. The van der Waals surface area contributed by atoms with Crippen molar-refractivity contribution in [2.24, 2.45) is 5.92 Å². The van der Waals surface area contributed by atoms with Gasteiger partial charge in [0, 0.05) is 0 Å². The molecule has 0 saturated heterocycles. The van der Waals surface area contributed by atoms with E-state index in [1.165, 1.54) is 19.3 Å². The Kier molecular flexibility index (Phi) is 5.05. The van der Waals surface area contributed by atoms with Gasteiger partial charge in [0.25, 0.3) is 0 Å². The summed E-state index contributed by atoms with van der Waals surface area (Å²) in [5.74, 6) is 0.487. The summed E-state index contributed by atoms with van der Waals surface area (Å²) in [7, 11) is -1.84. The summed E-state index contributed by atoms with van der Waals surface area (Å²) in [6, 6.07) is 10.2. The van der Waals surface area contributed by atoms with E-state index in [1.807, 2.05) is 18.2 Å². The lowest BCUT2D eigenvalue weighted by Crippen LogP contribution is -2.51. The van der Waals surface area contributed by atoms with Crippen LogP contribution in [-0.4, -0.2) is 14.1 Å². The number of benzene rings is 1. The van der Waals surface area contributed by atoms with Gasteiger partial charge in [0.1, 0.15) is 5.60 Å². The highest BCUT2D eigenvalue weighted by Gasteiger charge is 2.48. The molecule has 21 heavy (non-hydrogen) atoms. The van der Waals surface area contributed by atoms with Crippen LogP contribution in [0.1, 0.15) is 44.6 Å². The van der Waals surface area contributed by atoms with E-state index in [2.05, 4.69) is 31.8 Å². The van der Waals surface area contributed by atoms with E-state index in [4.69, 9.17) is 4.43 Å². The number of hydrogen-bond acceptors (Lipinski definition) is 2. The normalized spacial score (nSPS) is 20.0. The van der Waals surface area contributed by atoms with Crippen molar-refractivity contribution in [1.29, 1.82) is 0 Å². The zero-order valence-corrected chi connectivity index (χ0v) is 14.8. The Morgan fingerprint density at radius 1 is 1.10 bits per heavy atom. The first kappa shape index (κ1) is 16.4. The average Bonchev–Trinajstić information content (AvgIpc) is 2.45. The van der Waals surface area contributed by atoms with Gasteiger partial charge in [0.15, 0.2) is 14.1 Å². The van der Waals surface area contributed by atoms with E-state index < -0.39 is 13.9 Å². The summed E-state index contributed by atoms with van der Waals surface area (Å²) in [4.78, 5) is 12.7. The molecule has 0 heterocycles. The monoisotopic (exact) mass is 304 g/mol. The minimum Gasteiger partial charge on any atom is -0.401 e. The van der Waals surface area contributed by atoms with Crippen LogP contribution in [0.4, 0.5) is 0 Å². The van der Waals surface area contributed by atoms with Gasteiger partial charge in [0.05, 0.1) is 0 Å². The quantitative estimate of drug-likeness (QED) is 0.723. The molecule has 0 N–H and O–H groups in total. The topological polar surface area (TPSA) is 26.3 Å². The van der Waals surface area contributed by atoms with Crippen LogP contribution in [-0.2, 0) is 14.8 Å². The van der Waals surface area contributed by atoms with E-state index in [0.717, 1.165) is 18.4 Å². The fourth-order valence-electron chi connectivity index (χ4n) is 3.62. The Labute approximate surface area is 130 Å². The minimum absolute atomic E-state index is 0.169. The molecule has 3 heteroatoms. The van der Waals surface area contributed by atoms with Gasteiger partial charge in [-0.05, 0) is 50.9 Å². The van der Waals surface area contributed by atoms with E-state index in [9.17, 15) is 4.79 Å². The molecular weight excluding hydrogens is 276 g/mol. The van der Waals surface area contributed by atoms with Crippen molar-refractivity contribution in [2.75, 3.05) is 0 Å². The first-order valence-corrected chi connectivity index (χ1v) is 11.5. The second-order valence-electron chi connectivity index (χ2n) is 7.21. The van der Waals surface area contributed by atoms with Crippen molar-refractivity contribution in [1.82, 2.24) is 0 Å². The van der Waals surface area contributed by atoms with Crippen LogP contribution in [0.3, 0.4) is 0 Å². The van der Waals surface area contributed by atoms with Crippen LogP contribution in [0.15, 0.2) is 30.3 Å². The van der Waals surface area contributed by atoms with Crippen LogP contribution < -0.4 is 0 Å². The Morgan fingerprint density at radius 2 is 1.67 bits per heavy atom. The predicted molar refractivity (Wildman–Crippen MR) is 89.8 cm³/mol. The Hall–Kier alpha value is -0.933. The number of rotatable bonds is 5. The second-order valence-corrected chi connectivity index (χ2v) is 11.6. The van der Waals surface area contributed by atoms with Gasteiger partial charge in [-0.25, -0.2) is 0 Å². The summed E-state index contributed by atoms with van der Waals surface area (Å²) < 4.78 is 6.60. The molecular formula is C18H28O2Si. The largest absolute Gasteiger partial charge is 0.401 e. The maximum atomic E-state index is 12.7. The zero-order valence-electron chi connectivity index (χ0n) is 13.8. The van der Waals surface area contributed by atoms with Crippen molar-refractivity contribution in [3.63, 3.8) is 0 Å². The third-order valence-corrected chi connectivity index (χ3v) is 5.31. The van der Waals surface area contributed by atoms with Crippen LogP contribution in [0.2, 0.25) is 19.6 Å². The van der Waals surface area contributed by atoms with Crippen molar-refractivity contribution in [3.8, 4) is 0 Å². The summed E-state index contributed by atoms with van der Waals surface area (Å²) in [5, 5.41) is 0. The number of carbonyl (C=O) groups excluding carboxylic acids is 1. The average molecular weight is 305 g/mol. The summed E-state index contributed by atoms with van der Waals surface area (Å²) in [6.45, 7) is 8.24. The van der Waals surface area contributed by atoms with E-state index >= 15 is 0 Å². The van der Waals surface area contributed by atoms with Crippen LogP contribution in [0, 0.1) is 5.92 Å². The molecule has 116 valence electrons. The highest BCUT2D eigenvalue weighted by Crippen LogP contribution is 2.44. The minimum atomic E-state index is -1.84. The fourth-order valence-corrected chi connectivity index (χ4v) is 5.01. The van der Waals surface area contributed by atoms with E-state index in [0.29, 0.717) is 5.92 Å². The molecule has 2 rings (SSSR count). The third-order valence-electron chi connectivity index (χ3n) is 4.37. The molecule has 1 fully saturated rings. The molecule has 1 aliphatic carbocycles. The zero-order chi connectivity index (χ0) is 15.5. The van der Waals surface area contributed by atoms with Crippen LogP contribution >= 0.6 is 0 Å². The van der Waals surface area contributed by atoms with Crippen molar-refractivity contribution in [3.05, 3.63) is 35.9 Å². The lowest BCUT2D eigenvalue weighted by atomic mass is 9.71. The van der Waals surface area contributed by atoms with Crippen molar-refractivity contribution < 1.29 is 9.22 Å². The lowest BCUT2D eigenvalue weighted by molar-refractivity contribution is -0.141. The molecule has 0 bridgehead atoms. The fraction of sp³-hybridized carbons (Fsp3) is 0.611. The number of carbonyl (C=O) groups is 1. The molecule has 0 radical (unpaired) electrons. The molecule has 1 aromatic carbocycles. The van der Waals surface area contributed by atoms with Gasteiger partial charge in [0.2, 0.25) is 0 Å². The van der Waals surface area contributed by atoms with Crippen molar-refractivity contribution >= 4 is 14.1 Å². The van der Waals surface area contributed by atoms with Gasteiger partial charge in [-0.15, -0.1) is 0 Å². The summed E-state index contributed by atoms with van der Waals surface area (Å²) in [6.07, 6.45) is 5.90. The van der Waals surface area contributed by atoms with Gasteiger partial charge >= 0.3 is 0 Å². The smallest absolute Gasteiger partial charge is 0.185 e. The molecule has 0 spiro atoms. The molecule has 1 atom stereocenters. The van der Waals surface area contributed by atoms with Gasteiger partial charge < -0.3 is 4.43 Å². The second kappa shape index (κ2) is 6.45. The van der Waals surface area contributed by atoms with Crippen LogP contribution in [0.5, 0.6) is 0 Å². The summed E-state index contributed by atoms with van der Waals surface area (Å²) in [5.41, 5.74) is 0.318. The number of ketones is 1. The molecule has 1 aliphatic rings. The molecule has 0 amide bonds. The lowest BCUT2D eigenvalue weighted by Gasteiger charge is -2.45. The molecule has 1 aromatic rings. The van der Waals surface area contributed by atoms with E-state index in [-0.39, 0.29) is 5.78 Å². The molecule has 0 aliphatic heterocycles. The number of hydrogen-bond donors (Lipinski definition) is 0. The SMILES string of the molecule is CC(=O)C(O[Si](C)(C)C)(c1ccccc1)C1CCCCC1. The Morgan fingerprint density at radius 3 is 2.14 bits per heavy atom. The molecule has 1 saturated carbocycles. The highest BCUT2D eigenvalue weighted by atomic mass is 28.4. The molecule has 1 unspecified atom stereocenters.